The number of fused-ring (bicyclic) bond motifs is 1. The lowest BCUT2D eigenvalue weighted by atomic mass is 9.77. The number of esters is 1. The van der Waals surface area contributed by atoms with Crippen molar-refractivity contribution in [1.82, 2.24) is 14.9 Å². The molecule has 33 heavy (non-hydrogen) atoms. The average Bonchev–Trinajstić information content (AvgIpc) is 3.35. The number of hydrogen-bond donors (Lipinski definition) is 1. The molecule has 9 heteroatoms. The van der Waals surface area contributed by atoms with Gasteiger partial charge in [-0.2, -0.15) is 4.98 Å². The van der Waals surface area contributed by atoms with E-state index in [1.165, 1.54) is 6.20 Å². The van der Waals surface area contributed by atoms with Crippen LogP contribution in [0.2, 0.25) is 0 Å². The van der Waals surface area contributed by atoms with E-state index in [0.29, 0.717) is 56.8 Å². The number of aromatic nitrogens is 2. The monoisotopic (exact) mass is 455 g/mol. The van der Waals surface area contributed by atoms with Crippen LogP contribution in [-0.2, 0) is 16.1 Å². The maximum Gasteiger partial charge on any atom is 0.338 e. The summed E-state index contributed by atoms with van der Waals surface area (Å²) in [5.41, 5.74) is 2.57. The number of aliphatic hydroxyl groups is 1. The first-order chi connectivity index (χ1) is 17.1. The summed E-state index contributed by atoms with van der Waals surface area (Å²) in [6.07, 6.45) is 2.66. The van der Waals surface area contributed by atoms with Crippen molar-refractivity contribution >= 4 is 17.7 Å². The minimum atomic E-state index is -2.67. The van der Waals surface area contributed by atoms with Gasteiger partial charge < -0.3 is 19.5 Å². The quantitative estimate of drug-likeness (QED) is 0.683. The van der Waals surface area contributed by atoms with E-state index < -0.39 is 18.6 Å². The van der Waals surface area contributed by atoms with E-state index in [4.69, 9.17) is 13.6 Å². The largest absolute Gasteiger partial charge is 0.467 e. The van der Waals surface area contributed by atoms with Crippen molar-refractivity contribution in [3.05, 3.63) is 46.6 Å². The van der Waals surface area contributed by atoms with Crippen molar-refractivity contribution in [2.75, 3.05) is 38.1 Å². The molecule has 1 aromatic heterocycles. The first-order valence-corrected chi connectivity index (χ1v) is 11.1. The van der Waals surface area contributed by atoms with Gasteiger partial charge in [0.2, 0.25) is 5.91 Å². The lowest BCUT2D eigenvalue weighted by Gasteiger charge is -2.38. The topological polar surface area (TPSA) is 105 Å². The molecule has 174 valence electrons. The molecular formula is C24H28N4O5. The van der Waals surface area contributed by atoms with Crippen LogP contribution in [0.3, 0.4) is 0 Å². The molecule has 0 unspecified atom stereocenters. The Bertz CT molecular complexity index is 1200. The minimum absolute atomic E-state index is 0.0274. The summed E-state index contributed by atoms with van der Waals surface area (Å²) in [6, 6.07) is 4.80. The fourth-order valence-electron chi connectivity index (χ4n) is 5.27. The van der Waals surface area contributed by atoms with Gasteiger partial charge >= 0.3 is 12.0 Å². The van der Waals surface area contributed by atoms with Crippen LogP contribution in [0, 0.1) is 12.3 Å². The molecule has 2 fully saturated rings. The summed E-state index contributed by atoms with van der Waals surface area (Å²) >= 11 is 0. The number of aliphatic hydroxyl groups excluding tert-OH is 1. The number of nitrogens with zero attached hydrogens (tertiary/aromatic N) is 4. The highest BCUT2D eigenvalue weighted by molar-refractivity contribution is 5.99. The molecule has 1 spiro atoms. The number of rotatable bonds is 5. The van der Waals surface area contributed by atoms with Crippen LogP contribution in [-0.4, -0.2) is 65.1 Å². The molecule has 2 saturated heterocycles. The highest BCUT2D eigenvalue weighted by Crippen LogP contribution is 2.43. The predicted octanol–water partition coefficient (Wildman–Crippen LogP) is 2.02. The van der Waals surface area contributed by atoms with E-state index in [0.717, 1.165) is 16.7 Å². The molecule has 0 aliphatic carbocycles. The number of amides is 1. The second-order valence-corrected chi connectivity index (χ2v) is 8.99. The second kappa shape index (κ2) is 8.39. The number of cyclic esters (lactones) is 1. The molecule has 0 bridgehead atoms. The Morgan fingerprint density at radius 3 is 2.82 bits per heavy atom. The van der Waals surface area contributed by atoms with Gasteiger partial charge in [0.25, 0.3) is 0 Å². The highest BCUT2D eigenvalue weighted by atomic mass is 16.5. The van der Waals surface area contributed by atoms with Gasteiger partial charge in [0.05, 0.1) is 28.2 Å². The van der Waals surface area contributed by atoms with E-state index in [1.807, 2.05) is 6.92 Å². The van der Waals surface area contributed by atoms with E-state index in [9.17, 15) is 14.7 Å². The number of anilines is 1. The van der Waals surface area contributed by atoms with Gasteiger partial charge in [-0.15, -0.1) is 0 Å². The molecule has 0 saturated carbocycles. The van der Waals surface area contributed by atoms with E-state index >= 15 is 0 Å². The zero-order chi connectivity index (χ0) is 25.7. The van der Waals surface area contributed by atoms with Gasteiger partial charge in [-0.1, -0.05) is 6.07 Å². The third-order valence-corrected chi connectivity index (χ3v) is 7.31. The molecule has 0 radical (unpaired) electrons. The molecule has 1 atom stereocenters. The van der Waals surface area contributed by atoms with Crippen molar-refractivity contribution < 1.29 is 28.3 Å². The molecular weight excluding hydrogens is 424 g/mol. The zero-order valence-corrected chi connectivity index (χ0v) is 18.4. The van der Waals surface area contributed by atoms with E-state index in [-0.39, 0.29) is 24.5 Å². The number of benzene rings is 1. The van der Waals surface area contributed by atoms with Crippen LogP contribution < -0.4 is 9.64 Å². The third-order valence-electron chi connectivity index (χ3n) is 7.31. The summed E-state index contributed by atoms with van der Waals surface area (Å²) in [7, 11) is -2.67. The standard InChI is InChI=1S/C24H28N4O5/c1-15-16(3-4-17-18(15)14-33-21(17)30)19(29)13-27-10-6-24(7-11-27)8-12-28(22(24)31)20-5-9-25-23(26-20)32-2/h3-5,9,19,29H,6-8,10-14H2,1-2H3/t19-/m0/s1/i2D3. The predicted molar refractivity (Wildman–Crippen MR) is 119 cm³/mol. The fraction of sp³-hybridized carbons (Fsp3) is 0.500. The molecule has 5 rings (SSSR count). The molecule has 3 aliphatic heterocycles. The Labute approximate surface area is 196 Å². The number of carbonyl (C=O) groups is 2. The molecule has 3 aliphatic rings. The summed E-state index contributed by atoms with van der Waals surface area (Å²) in [4.78, 5) is 36.9. The number of ether oxygens (including phenoxy) is 2. The first kappa shape index (κ1) is 18.4. The van der Waals surface area contributed by atoms with Crippen LogP contribution in [0.4, 0.5) is 5.82 Å². The molecule has 9 nitrogen and oxygen atoms in total. The van der Waals surface area contributed by atoms with Gasteiger partial charge in [0, 0.05) is 24.8 Å². The second-order valence-electron chi connectivity index (χ2n) is 8.99. The Hall–Kier alpha value is -3.04. The van der Waals surface area contributed by atoms with Crippen molar-refractivity contribution in [2.45, 2.75) is 38.9 Å². The molecule has 4 heterocycles. The van der Waals surface area contributed by atoms with Gasteiger partial charge in [-0.25, -0.2) is 9.78 Å². The third kappa shape index (κ3) is 3.75. The zero-order valence-electron chi connectivity index (χ0n) is 21.4. The summed E-state index contributed by atoms with van der Waals surface area (Å²) in [5, 5.41) is 10.9. The number of carbonyl (C=O) groups excluding carboxylic acids is 2. The number of piperidine rings is 1. The SMILES string of the molecule is [2H]C([2H])([2H])Oc1nccc(N2CCC3(CCN(C[C@H](O)c4ccc5c(c4C)COC5=O)CC3)C2=O)n1. The minimum Gasteiger partial charge on any atom is -0.467 e. The summed E-state index contributed by atoms with van der Waals surface area (Å²) < 4.78 is 31.6. The summed E-state index contributed by atoms with van der Waals surface area (Å²) in [5.74, 6) is -0.0207. The van der Waals surface area contributed by atoms with Crippen LogP contribution in [0.1, 0.15) is 56.5 Å². The average molecular weight is 456 g/mol. The van der Waals surface area contributed by atoms with Gasteiger partial charge in [0.1, 0.15) is 12.4 Å². The number of hydrogen-bond acceptors (Lipinski definition) is 8. The van der Waals surface area contributed by atoms with Crippen LogP contribution in [0.25, 0.3) is 0 Å². The maximum absolute atomic E-state index is 13.4. The number of likely N-dealkylation sites (tertiary alicyclic amines) is 1. The Kier molecular flexibility index (Phi) is 4.67. The molecule has 1 N–H and O–H groups in total. The molecule has 2 aromatic rings. The Morgan fingerprint density at radius 2 is 2.03 bits per heavy atom. The van der Waals surface area contributed by atoms with Crippen LogP contribution in [0.5, 0.6) is 6.01 Å². The van der Waals surface area contributed by atoms with Gasteiger partial charge in [0.15, 0.2) is 0 Å². The van der Waals surface area contributed by atoms with Gasteiger partial charge in [-0.3, -0.25) is 9.69 Å². The van der Waals surface area contributed by atoms with E-state index in [1.54, 1.807) is 23.1 Å². The Balaban J connectivity index is 1.21. The lowest BCUT2D eigenvalue weighted by Crippen LogP contribution is -2.45. The van der Waals surface area contributed by atoms with Crippen molar-refractivity contribution in [3.63, 3.8) is 0 Å². The molecule has 1 aromatic carbocycles. The normalized spacial score (nSPS) is 22.5. The first-order valence-electron chi connectivity index (χ1n) is 12.6. The van der Waals surface area contributed by atoms with Crippen molar-refractivity contribution in [2.24, 2.45) is 5.41 Å². The van der Waals surface area contributed by atoms with E-state index in [2.05, 4.69) is 14.9 Å². The van der Waals surface area contributed by atoms with Crippen molar-refractivity contribution in [1.29, 1.82) is 0 Å². The maximum atomic E-state index is 13.4. The Morgan fingerprint density at radius 1 is 1.24 bits per heavy atom. The molecule has 1 amide bonds. The number of methoxy groups -OCH3 is 1. The highest BCUT2D eigenvalue weighted by Gasteiger charge is 2.49. The summed E-state index contributed by atoms with van der Waals surface area (Å²) in [6.45, 7) is 4.39. The van der Waals surface area contributed by atoms with Gasteiger partial charge in [-0.05, 0) is 62.5 Å². The lowest BCUT2D eigenvalue weighted by molar-refractivity contribution is -0.128. The smallest absolute Gasteiger partial charge is 0.338 e. The van der Waals surface area contributed by atoms with Crippen LogP contribution >= 0.6 is 0 Å². The number of β-amino-alcohol motifs (C(OH)–C–C–N with tert-alkyl or cyclic N) is 1. The van der Waals surface area contributed by atoms with Crippen LogP contribution in [0.15, 0.2) is 24.4 Å². The van der Waals surface area contributed by atoms with Crippen molar-refractivity contribution in [3.8, 4) is 6.01 Å². The fourth-order valence-corrected chi connectivity index (χ4v) is 5.27.